The molecule has 0 radical (unpaired) electrons. The number of allylic oxidation sites excluding steroid dienone is 1. The van der Waals surface area contributed by atoms with Crippen LogP contribution in [0.3, 0.4) is 0 Å². The Labute approximate surface area is 93.8 Å². The number of β-amino-alcohol motifs (C(OH)–C–C–N with tert-alkyl or cyclic N) is 1. The highest BCUT2D eigenvalue weighted by atomic mass is 16.3. The Hall–Kier alpha value is -0.340. The van der Waals surface area contributed by atoms with Crippen LogP contribution in [0.15, 0.2) is 11.6 Å². The summed E-state index contributed by atoms with van der Waals surface area (Å²) < 4.78 is 0. The third kappa shape index (κ3) is 4.35. The molecule has 2 N–H and O–H groups in total. The summed E-state index contributed by atoms with van der Waals surface area (Å²) >= 11 is 0. The van der Waals surface area contributed by atoms with Crippen molar-refractivity contribution in [3.63, 3.8) is 0 Å². The van der Waals surface area contributed by atoms with Crippen LogP contribution in [0.25, 0.3) is 0 Å². The van der Waals surface area contributed by atoms with Gasteiger partial charge in [0.25, 0.3) is 0 Å². The zero-order valence-corrected chi connectivity index (χ0v) is 10.6. The van der Waals surface area contributed by atoms with Crippen molar-refractivity contribution in [3.05, 3.63) is 11.6 Å². The van der Waals surface area contributed by atoms with Gasteiger partial charge in [0.05, 0.1) is 5.60 Å². The molecule has 0 fully saturated rings. The molecule has 1 aliphatic rings. The first kappa shape index (κ1) is 12.7. The molecule has 1 rings (SSSR count). The van der Waals surface area contributed by atoms with Gasteiger partial charge in [-0.05, 0) is 59.0 Å². The molecule has 0 spiro atoms. The van der Waals surface area contributed by atoms with Crippen molar-refractivity contribution in [3.8, 4) is 0 Å². The van der Waals surface area contributed by atoms with Crippen molar-refractivity contribution >= 4 is 0 Å². The molecule has 0 aliphatic heterocycles. The first-order chi connectivity index (χ1) is 6.81. The number of hydrogen-bond acceptors (Lipinski definition) is 2. The summed E-state index contributed by atoms with van der Waals surface area (Å²) in [5.41, 5.74) is 0.609. The van der Waals surface area contributed by atoms with E-state index >= 15 is 0 Å². The maximum atomic E-state index is 10.4. The van der Waals surface area contributed by atoms with E-state index in [1.165, 1.54) is 18.4 Å². The summed E-state index contributed by atoms with van der Waals surface area (Å²) in [7, 11) is 0. The minimum absolute atomic E-state index is 0.0687. The van der Waals surface area contributed by atoms with E-state index in [-0.39, 0.29) is 5.54 Å². The normalized spacial score (nSPS) is 22.1. The topological polar surface area (TPSA) is 32.3 Å². The minimum Gasteiger partial charge on any atom is -0.384 e. The van der Waals surface area contributed by atoms with Gasteiger partial charge in [-0.1, -0.05) is 6.08 Å². The van der Waals surface area contributed by atoms with Crippen LogP contribution < -0.4 is 5.32 Å². The van der Waals surface area contributed by atoms with E-state index in [2.05, 4.69) is 32.2 Å². The molecule has 1 atom stereocenters. The van der Waals surface area contributed by atoms with Gasteiger partial charge in [-0.3, -0.25) is 0 Å². The van der Waals surface area contributed by atoms with E-state index in [1.807, 2.05) is 6.92 Å². The van der Waals surface area contributed by atoms with Gasteiger partial charge in [0.2, 0.25) is 0 Å². The van der Waals surface area contributed by atoms with Crippen LogP contribution in [-0.4, -0.2) is 22.8 Å². The smallest absolute Gasteiger partial charge is 0.0952 e. The molecule has 1 aliphatic carbocycles. The van der Waals surface area contributed by atoms with E-state index in [9.17, 15) is 5.11 Å². The first-order valence-corrected chi connectivity index (χ1v) is 5.98. The van der Waals surface area contributed by atoms with E-state index < -0.39 is 5.60 Å². The van der Waals surface area contributed by atoms with Gasteiger partial charge in [0.15, 0.2) is 0 Å². The second-order valence-electron chi connectivity index (χ2n) is 5.85. The molecular weight excluding hydrogens is 186 g/mol. The highest BCUT2D eigenvalue weighted by Gasteiger charge is 2.27. The largest absolute Gasteiger partial charge is 0.384 e. The molecule has 0 heterocycles. The van der Waals surface area contributed by atoms with Crippen molar-refractivity contribution in [1.29, 1.82) is 0 Å². The molecule has 0 saturated heterocycles. The third-order valence-electron chi connectivity index (χ3n) is 2.95. The number of rotatable bonds is 3. The Morgan fingerprint density at radius 3 is 2.40 bits per heavy atom. The Morgan fingerprint density at radius 2 is 1.93 bits per heavy atom. The molecule has 0 aromatic rings. The fourth-order valence-corrected chi connectivity index (χ4v) is 1.88. The molecule has 2 nitrogen and oxygen atoms in total. The Kier molecular flexibility index (Phi) is 3.96. The highest BCUT2D eigenvalue weighted by Crippen LogP contribution is 2.27. The average Bonchev–Trinajstić information content (AvgIpc) is 2.16. The average molecular weight is 211 g/mol. The monoisotopic (exact) mass is 211 g/mol. The number of nitrogens with one attached hydrogen (secondary N) is 1. The molecule has 0 saturated carbocycles. The fourth-order valence-electron chi connectivity index (χ4n) is 1.88. The lowest BCUT2D eigenvalue weighted by molar-refractivity contribution is 0.0842. The Bertz CT molecular complexity index is 235. The molecule has 2 heteroatoms. The minimum atomic E-state index is -0.673. The summed E-state index contributed by atoms with van der Waals surface area (Å²) in [6.45, 7) is 8.93. The number of hydrogen-bond donors (Lipinski definition) is 2. The molecule has 0 amide bonds. The lowest BCUT2D eigenvalue weighted by Crippen LogP contribution is -2.47. The van der Waals surface area contributed by atoms with Crippen molar-refractivity contribution in [2.45, 2.75) is 64.5 Å². The molecular formula is C13H25NO. The molecule has 0 aromatic heterocycles. The summed E-state index contributed by atoms with van der Waals surface area (Å²) in [4.78, 5) is 0. The van der Waals surface area contributed by atoms with Crippen LogP contribution in [0.5, 0.6) is 0 Å². The Morgan fingerprint density at radius 1 is 1.27 bits per heavy atom. The maximum Gasteiger partial charge on any atom is 0.0952 e. The van der Waals surface area contributed by atoms with Crippen molar-refractivity contribution in [2.75, 3.05) is 6.54 Å². The lowest BCUT2D eigenvalue weighted by atomic mass is 9.86. The zero-order chi connectivity index (χ0) is 11.5. The predicted molar refractivity (Wildman–Crippen MR) is 64.9 cm³/mol. The van der Waals surface area contributed by atoms with Gasteiger partial charge in [-0.2, -0.15) is 0 Å². The number of aliphatic hydroxyl groups is 1. The maximum absolute atomic E-state index is 10.4. The Balaban J connectivity index is 2.54. The van der Waals surface area contributed by atoms with Gasteiger partial charge in [-0.25, -0.2) is 0 Å². The van der Waals surface area contributed by atoms with Crippen LogP contribution in [0.4, 0.5) is 0 Å². The van der Waals surface area contributed by atoms with E-state index in [0.29, 0.717) is 6.54 Å². The summed E-state index contributed by atoms with van der Waals surface area (Å²) in [5, 5.41) is 13.7. The van der Waals surface area contributed by atoms with Gasteiger partial charge in [0.1, 0.15) is 0 Å². The predicted octanol–water partition coefficient (Wildman–Crippen LogP) is 2.63. The molecule has 0 bridgehead atoms. The third-order valence-corrected chi connectivity index (χ3v) is 2.95. The lowest BCUT2D eigenvalue weighted by Gasteiger charge is -2.33. The SMILES string of the molecule is CC(C)(C)NCC(C)(O)C1=CCCCC1. The van der Waals surface area contributed by atoms with Crippen LogP contribution in [0, 0.1) is 0 Å². The van der Waals surface area contributed by atoms with Crippen molar-refractivity contribution in [2.24, 2.45) is 0 Å². The summed E-state index contributed by atoms with van der Waals surface area (Å²) in [6.07, 6.45) is 6.89. The van der Waals surface area contributed by atoms with Crippen LogP contribution in [0.2, 0.25) is 0 Å². The van der Waals surface area contributed by atoms with Crippen LogP contribution >= 0.6 is 0 Å². The quantitative estimate of drug-likeness (QED) is 0.703. The summed E-state index contributed by atoms with van der Waals surface area (Å²) in [6, 6.07) is 0. The van der Waals surface area contributed by atoms with Gasteiger partial charge in [0, 0.05) is 12.1 Å². The molecule has 15 heavy (non-hydrogen) atoms. The van der Waals surface area contributed by atoms with E-state index in [4.69, 9.17) is 0 Å². The van der Waals surface area contributed by atoms with Gasteiger partial charge in [-0.15, -0.1) is 0 Å². The van der Waals surface area contributed by atoms with Gasteiger partial charge < -0.3 is 10.4 Å². The second-order valence-corrected chi connectivity index (χ2v) is 5.85. The first-order valence-electron chi connectivity index (χ1n) is 5.98. The second kappa shape index (κ2) is 4.67. The molecule has 0 aromatic carbocycles. The summed E-state index contributed by atoms with van der Waals surface area (Å²) in [5.74, 6) is 0. The standard InChI is InChI=1S/C13H25NO/c1-12(2,3)14-10-13(4,15)11-8-6-5-7-9-11/h8,14-15H,5-7,9-10H2,1-4H3. The van der Waals surface area contributed by atoms with E-state index in [1.54, 1.807) is 0 Å². The zero-order valence-electron chi connectivity index (χ0n) is 10.6. The molecule has 88 valence electrons. The van der Waals surface area contributed by atoms with Gasteiger partial charge >= 0.3 is 0 Å². The molecule has 1 unspecified atom stereocenters. The van der Waals surface area contributed by atoms with Crippen LogP contribution in [0.1, 0.15) is 53.4 Å². The van der Waals surface area contributed by atoms with Crippen molar-refractivity contribution < 1.29 is 5.11 Å². The van der Waals surface area contributed by atoms with Crippen molar-refractivity contribution in [1.82, 2.24) is 5.32 Å². The fraction of sp³-hybridized carbons (Fsp3) is 0.846. The highest BCUT2D eigenvalue weighted by molar-refractivity contribution is 5.18. The van der Waals surface area contributed by atoms with E-state index in [0.717, 1.165) is 12.8 Å². The van der Waals surface area contributed by atoms with Crippen LogP contribution in [-0.2, 0) is 0 Å².